The molecule has 1 N–H and O–H groups in total. The van der Waals surface area contributed by atoms with E-state index in [-0.39, 0.29) is 0 Å². The van der Waals surface area contributed by atoms with Crippen molar-refractivity contribution >= 4 is 27.3 Å². The highest BCUT2D eigenvalue weighted by Gasteiger charge is 2.33. The van der Waals surface area contributed by atoms with Crippen LogP contribution in [0, 0.1) is 6.92 Å². The Kier molecular flexibility index (Phi) is 3.43. The van der Waals surface area contributed by atoms with Gasteiger partial charge in [0.1, 0.15) is 5.60 Å². The molecule has 0 aliphatic carbocycles. The summed E-state index contributed by atoms with van der Waals surface area (Å²) in [6.07, 6.45) is 1.73. The molecular weight excluding hydrogens is 300 g/mol. The monoisotopic (exact) mass is 314 g/mol. The summed E-state index contributed by atoms with van der Waals surface area (Å²) in [7, 11) is 0. The second-order valence-corrected chi connectivity index (χ2v) is 6.28. The molecule has 0 amide bonds. The van der Waals surface area contributed by atoms with Crippen LogP contribution in [0.2, 0.25) is 0 Å². The molecule has 0 aliphatic heterocycles. The quantitative estimate of drug-likeness (QED) is 0.944. The van der Waals surface area contributed by atoms with Crippen LogP contribution in [0.4, 0.5) is 0 Å². The second-order valence-electron chi connectivity index (χ2n) is 4.14. The first-order valence-electron chi connectivity index (χ1n) is 5.48. The van der Waals surface area contributed by atoms with Crippen LogP contribution >= 0.6 is 27.3 Å². The first-order valence-corrected chi connectivity index (χ1v) is 7.08. The lowest BCUT2D eigenvalue weighted by Gasteiger charge is -2.23. The molecule has 0 spiro atoms. The van der Waals surface area contributed by atoms with Crippen molar-refractivity contribution < 1.29 is 5.11 Å². The van der Waals surface area contributed by atoms with Gasteiger partial charge in [-0.3, -0.25) is 4.68 Å². The molecule has 17 heavy (non-hydrogen) atoms. The molecule has 2 aromatic rings. The Morgan fingerprint density at radius 1 is 1.53 bits per heavy atom. The zero-order valence-corrected chi connectivity index (χ0v) is 12.5. The molecule has 0 aromatic carbocycles. The fraction of sp³-hybridized carbons (Fsp3) is 0.417. The van der Waals surface area contributed by atoms with E-state index >= 15 is 0 Å². The summed E-state index contributed by atoms with van der Waals surface area (Å²) in [6, 6.07) is 3.99. The summed E-state index contributed by atoms with van der Waals surface area (Å²) in [4.78, 5) is 2.13. The predicted octanol–water partition coefficient (Wildman–Crippen LogP) is 3.29. The minimum Gasteiger partial charge on any atom is -0.378 e. The fourth-order valence-electron chi connectivity index (χ4n) is 1.90. The van der Waals surface area contributed by atoms with Gasteiger partial charge in [0.15, 0.2) is 0 Å². The van der Waals surface area contributed by atoms with Gasteiger partial charge in [0.05, 0.1) is 16.4 Å². The van der Waals surface area contributed by atoms with Crippen LogP contribution in [0.3, 0.4) is 0 Å². The minimum absolute atomic E-state index is 0.738. The molecule has 0 saturated carbocycles. The lowest BCUT2D eigenvalue weighted by molar-refractivity contribution is 0.0948. The molecule has 5 heteroatoms. The maximum absolute atomic E-state index is 10.8. The standard InChI is InChI=1S/C12H15BrN2OS/c1-4-15-11(9(13)7-14-15)12(3,16)10-6-5-8(2)17-10/h5-7,16H,4H2,1-3H3. The number of rotatable bonds is 3. The van der Waals surface area contributed by atoms with E-state index in [0.717, 1.165) is 21.6 Å². The van der Waals surface area contributed by atoms with Crippen molar-refractivity contribution in [2.24, 2.45) is 0 Å². The summed E-state index contributed by atoms with van der Waals surface area (Å²) in [6.45, 7) is 6.60. The van der Waals surface area contributed by atoms with Gasteiger partial charge >= 0.3 is 0 Å². The van der Waals surface area contributed by atoms with Crippen molar-refractivity contribution in [3.63, 3.8) is 0 Å². The van der Waals surface area contributed by atoms with Crippen LogP contribution < -0.4 is 0 Å². The highest BCUT2D eigenvalue weighted by Crippen LogP contribution is 2.37. The number of thiophene rings is 1. The van der Waals surface area contributed by atoms with E-state index in [9.17, 15) is 5.11 Å². The largest absolute Gasteiger partial charge is 0.378 e. The highest BCUT2D eigenvalue weighted by molar-refractivity contribution is 9.10. The van der Waals surface area contributed by atoms with Crippen LogP contribution in [0.15, 0.2) is 22.8 Å². The average molecular weight is 315 g/mol. The molecule has 1 atom stereocenters. The summed E-state index contributed by atoms with van der Waals surface area (Å²) in [5, 5.41) is 15.0. The molecule has 2 aromatic heterocycles. The molecule has 0 aliphatic rings. The van der Waals surface area contributed by atoms with Crippen molar-refractivity contribution in [3.8, 4) is 0 Å². The third kappa shape index (κ3) is 2.19. The zero-order valence-electron chi connectivity index (χ0n) is 10.1. The summed E-state index contributed by atoms with van der Waals surface area (Å²) >= 11 is 5.07. The molecule has 0 saturated heterocycles. The third-order valence-electron chi connectivity index (χ3n) is 2.78. The van der Waals surface area contributed by atoms with E-state index in [2.05, 4.69) is 21.0 Å². The van der Waals surface area contributed by atoms with Gasteiger partial charge in [-0.15, -0.1) is 11.3 Å². The van der Waals surface area contributed by atoms with Gasteiger partial charge in [0.2, 0.25) is 0 Å². The van der Waals surface area contributed by atoms with Crippen molar-refractivity contribution in [1.82, 2.24) is 9.78 Å². The fourth-order valence-corrected chi connectivity index (χ4v) is 3.50. The third-order valence-corrected chi connectivity index (χ3v) is 4.57. The smallest absolute Gasteiger partial charge is 0.138 e. The van der Waals surface area contributed by atoms with E-state index in [1.807, 2.05) is 37.6 Å². The van der Waals surface area contributed by atoms with E-state index < -0.39 is 5.60 Å². The van der Waals surface area contributed by atoms with E-state index in [1.165, 1.54) is 4.88 Å². The van der Waals surface area contributed by atoms with Gasteiger partial charge in [-0.1, -0.05) is 0 Å². The molecule has 3 nitrogen and oxygen atoms in total. The van der Waals surface area contributed by atoms with E-state index in [0.29, 0.717) is 0 Å². The minimum atomic E-state index is -1.01. The SMILES string of the molecule is CCn1ncc(Br)c1C(C)(O)c1ccc(C)s1. The Bertz CT molecular complexity index is 530. The summed E-state index contributed by atoms with van der Waals surface area (Å²) in [5.74, 6) is 0. The molecular formula is C12H15BrN2OS. The number of hydrogen-bond acceptors (Lipinski definition) is 3. The number of aryl methyl sites for hydroxylation is 2. The predicted molar refractivity (Wildman–Crippen MR) is 73.3 cm³/mol. The topological polar surface area (TPSA) is 38.0 Å². The molecule has 0 bridgehead atoms. The summed E-state index contributed by atoms with van der Waals surface area (Å²) < 4.78 is 2.66. The average Bonchev–Trinajstić information content (AvgIpc) is 2.84. The van der Waals surface area contributed by atoms with Gasteiger partial charge in [-0.25, -0.2) is 0 Å². The number of hydrogen-bond donors (Lipinski definition) is 1. The first kappa shape index (κ1) is 12.8. The molecule has 0 fully saturated rings. The maximum atomic E-state index is 10.8. The van der Waals surface area contributed by atoms with Crippen molar-refractivity contribution in [2.75, 3.05) is 0 Å². The van der Waals surface area contributed by atoms with Crippen LogP contribution in [0.5, 0.6) is 0 Å². The Morgan fingerprint density at radius 2 is 2.24 bits per heavy atom. The van der Waals surface area contributed by atoms with Gasteiger partial charge in [0, 0.05) is 16.3 Å². The van der Waals surface area contributed by atoms with Gasteiger partial charge in [-0.2, -0.15) is 5.10 Å². The van der Waals surface area contributed by atoms with E-state index in [4.69, 9.17) is 0 Å². The van der Waals surface area contributed by atoms with Crippen molar-refractivity contribution in [3.05, 3.63) is 38.3 Å². The molecule has 2 rings (SSSR count). The highest BCUT2D eigenvalue weighted by atomic mass is 79.9. The Hall–Kier alpha value is -0.650. The number of nitrogens with zero attached hydrogens (tertiary/aromatic N) is 2. The van der Waals surface area contributed by atoms with Crippen LogP contribution in [0.1, 0.15) is 29.3 Å². The van der Waals surface area contributed by atoms with Gasteiger partial charge in [-0.05, 0) is 48.8 Å². The lowest BCUT2D eigenvalue weighted by atomic mass is 10.0. The number of aliphatic hydroxyl groups is 1. The van der Waals surface area contributed by atoms with Gasteiger partial charge < -0.3 is 5.11 Å². The maximum Gasteiger partial charge on any atom is 0.138 e. The van der Waals surface area contributed by atoms with Crippen LogP contribution in [0.25, 0.3) is 0 Å². The molecule has 1 unspecified atom stereocenters. The normalized spacial score (nSPS) is 14.9. The molecule has 2 heterocycles. The lowest BCUT2D eigenvalue weighted by Crippen LogP contribution is -2.26. The Balaban J connectivity index is 2.54. The Labute approximate surface area is 113 Å². The Morgan fingerprint density at radius 3 is 2.76 bits per heavy atom. The molecule has 92 valence electrons. The van der Waals surface area contributed by atoms with E-state index in [1.54, 1.807) is 17.5 Å². The van der Waals surface area contributed by atoms with Crippen molar-refractivity contribution in [1.29, 1.82) is 0 Å². The molecule has 0 radical (unpaired) electrons. The van der Waals surface area contributed by atoms with Crippen LogP contribution in [-0.4, -0.2) is 14.9 Å². The summed E-state index contributed by atoms with van der Waals surface area (Å²) in [5.41, 5.74) is -0.202. The number of halogens is 1. The van der Waals surface area contributed by atoms with Crippen molar-refractivity contribution in [2.45, 2.75) is 32.9 Å². The van der Waals surface area contributed by atoms with Crippen LogP contribution in [-0.2, 0) is 12.1 Å². The second kappa shape index (κ2) is 4.55. The first-order chi connectivity index (χ1) is 7.96. The zero-order chi connectivity index (χ0) is 12.6. The van der Waals surface area contributed by atoms with Gasteiger partial charge in [0.25, 0.3) is 0 Å². The number of aromatic nitrogens is 2.